The summed E-state index contributed by atoms with van der Waals surface area (Å²) in [4.78, 5) is 17.1. The van der Waals surface area contributed by atoms with Crippen molar-refractivity contribution in [3.63, 3.8) is 0 Å². The summed E-state index contributed by atoms with van der Waals surface area (Å²) in [6.07, 6.45) is 1.63. The molecular weight excluding hydrogens is 342 g/mol. The quantitative estimate of drug-likeness (QED) is 0.546. The van der Waals surface area contributed by atoms with Crippen LogP contribution in [0.4, 0.5) is 0 Å². The molecule has 1 amide bonds. The van der Waals surface area contributed by atoms with E-state index < -0.39 is 6.23 Å². The van der Waals surface area contributed by atoms with Crippen LogP contribution in [0, 0.1) is 0 Å². The van der Waals surface area contributed by atoms with Crippen molar-refractivity contribution in [1.29, 1.82) is 0 Å². The maximum Gasteiger partial charge on any atom is 0.254 e. The Labute approximate surface area is 155 Å². The van der Waals surface area contributed by atoms with Crippen molar-refractivity contribution in [2.75, 3.05) is 6.61 Å². The molecule has 1 unspecified atom stereocenters. The minimum Gasteiger partial charge on any atom is -0.369 e. The summed E-state index contributed by atoms with van der Waals surface area (Å²) in [5.41, 5.74) is 3.76. The molecule has 136 valence electrons. The van der Waals surface area contributed by atoms with Gasteiger partial charge in [0.25, 0.3) is 5.91 Å². The first-order valence-electron chi connectivity index (χ1n) is 9.10. The van der Waals surface area contributed by atoms with Gasteiger partial charge >= 0.3 is 0 Å². The highest BCUT2D eigenvalue weighted by Crippen LogP contribution is 2.42. The van der Waals surface area contributed by atoms with E-state index in [9.17, 15) is 9.90 Å². The van der Waals surface area contributed by atoms with Crippen LogP contribution >= 0.6 is 0 Å². The number of rotatable bonds is 4. The molecule has 0 saturated carbocycles. The van der Waals surface area contributed by atoms with Gasteiger partial charge in [-0.1, -0.05) is 31.2 Å². The van der Waals surface area contributed by atoms with Gasteiger partial charge in [0.05, 0.1) is 22.1 Å². The predicted octanol–water partition coefficient (Wildman–Crippen LogP) is 3.46. The molecule has 4 aromatic rings. The first kappa shape index (κ1) is 16.2. The van der Waals surface area contributed by atoms with E-state index in [1.54, 1.807) is 6.20 Å². The van der Waals surface area contributed by atoms with Gasteiger partial charge in [-0.15, -0.1) is 0 Å². The second-order valence-electron chi connectivity index (χ2n) is 6.77. The van der Waals surface area contributed by atoms with Crippen LogP contribution in [0.2, 0.25) is 0 Å². The molecule has 1 aliphatic rings. The van der Waals surface area contributed by atoms with Crippen molar-refractivity contribution in [2.45, 2.75) is 26.3 Å². The number of aliphatic hydroxyl groups is 1. The van der Waals surface area contributed by atoms with Crippen LogP contribution in [0.1, 0.15) is 35.5 Å². The van der Waals surface area contributed by atoms with Crippen molar-refractivity contribution in [3.8, 4) is 0 Å². The predicted molar refractivity (Wildman–Crippen MR) is 103 cm³/mol. The fourth-order valence-electron chi connectivity index (χ4n) is 4.11. The first-order valence-corrected chi connectivity index (χ1v) is 9.10. The summed E-state index contributed by atoms with van der Waals surface area (Å²) in [6.45, 7) is 3.12. The highest BCUT2D eigenvalue weighted by Gasteiger charge is 2.34. The van der Waals surface area contributed by atoms with Gasteiger partial charge in [0.15, 0.2) is 6.23 Å². The number of amides is 1. The van der Waals surface area contributed by atoms with Gasteiger partial charge in [-0.25, -0.2) is 0 Å². The molecule has 0 bridgehead atoms. The summed E-state index contributed by atoms with van der Waals surface area (Å²) in [5.74, 6) is -0.267. The van der Waals surface area contributed by atoms with Crippen LogP contribution in [0.5, 0.6) is 0 Å². The van der Waals surface area contributed by atoms with E-state index in [1.807, 2.05) is 36.4 Å². The molecule has 5 rings (SSSR count). The van der Waals surface area contributed by atoms with Gasteiger partial charge in [-0.2, -0.15) is 0 Å². The fourth-order valence-corrected chi connectivity index (χ4v) is 4.11. The molecule has 0 saturated heterocycles. The maximum atomic E-state index is 12.6. The Morgan fingerprint density at radius 3 is 2.89 bits per heavy atom. The first-order chi connectivity index (χ1) is 13.2. The van der Waals surface area contributed by atoms with E-state index in [0.29, 0.717) is 24.5 Å². The minimum atomic E-state index is -1.03. The maximum absolute atomic E-state index is 12.6. The molecule has 1 aliphatic heterocycles. The second kappa shape index (κ2) is 6.04. The number of carbonyl (C=O) groups excluding carboxylic acids is 1. The van der Waals surface area contributed by atoms with Crippen molar-refractivity contribution < 1.29 is 14.6 Å². The van der Waals surface area contributed by atoms with Crippen LogP contribution in [0.3, 0.4) is 0 Å². The number of ether oxygens (including phenoxy) is 1. The molecule has 3 heterocycles. The number of fused-ring (bicyclic) bond motifs is 8. The molecular formula is C21H19N3O3. The van der Waals surface area contributed by atoms with E-state index in [2.05, 4.69) is 21.8 Å². The SMILES string of the molecule is CCCOCn1c2ccccc2c2c3c(c4cccnc4c21)C(=O)NC3O. The number of aliphatic hydroxyl groups excluding tert-OH is 1. The van der Waals surface area contributed by atoms with Gasteiger partial charge in [0, 0.05) is 34.5 Å². The van der Waals surface area contributed by atoms with Crippen LogP contribution < -0.4 is 5.32 Å². The molecule has 1 atom stereocenters. The summed E-state index contributed by atoms with van der Waals surface area (Å²) < 4.78 is 7.94. The Morgan fingerprint density at radius 1 is 1.22 bits per heavy atom. The number of carbonyl (C=O) groups is 1. The smallest absolute Gasteiger partial charge is 0.254 e. The molecule has 0 aliphatic carbocycles. The minimum absolute atomic E-state index is 0.267. The topological polar surface area (TPSA) is 76.4 Å². The average molecular weight is 361 g/mol. The summed E-state index contributed by atoms with van der Waals surface area (Å²) >= 11 is 0. The number of nitrogens with one attached hydrogen (secondary N) is 1. The molecule has 0 spiro atoms. The molecule has 6 nitrogen and oxygen atoms in total. The van der Waals surface area contributed by atoms with Crippen LogP contribution in [-0.4, -0.2) is 27.2 Å². The summed E-state index contributed by atoms with van der Waals surface area (Å²) in [6, 6.07) is 11.7. The molecule has 6 heteroatoms. The number of hydrogen-bond donors (Lipinski definition) is 2. The number of aromatic nitrogens is 2. The van der Waals surface area contributed by atoms with E-state index in [4.69, 9.17) is 4.74 Å². The van der Waals surface area contributed by atoms with Gasteiger partial charge in [0.1, 0.15) is 6.73 Å². The van der Waals surface area contributed by atoms with Crippen molar-refractivity contribution >= 4 is 38.6 Å². The second-order valence-corrected chi connectivity index (χ2v) is 6.77. The number of nitrogens with zero attached hydrogens (tertiary/aromatic N) is 2. The van der Waals surface area contributed by atoms with Crippen molar-refractivity contribution in [3.05, 3.63) is 53.7 Å². The molecule has 0 fully saturated rings. The highest BCUT2D eigenvalue weighted by molar-refractivity contribution is 6.25. The zero-order valence-electron chi connectivity index (χ0n) is 14.9. The number of hydrogen-bond acceptors (Lipinski definition) is 4. The Hall–Kier alpha value is -2.96. The van der Waals surface area contributed by atoms with Gasteiger partial charge in [0.2, 0.25) is 0 Å². The lowest BCUT2D eigenvalue weighted by atomic mass is 9.97. The Morgan fingerprint density at radius 2 is 2.04 bits per heavy atom. The summed E-state index contributed by atoms with van der Waals surface area (Å²) in [5, 5.41) is 15.8. The van der Waals surface area contributed by atoms with Crippen molar-refractivity contribution in [2.24, 2.45) is 0 Å². The molecule has 2 N–H and O–H groups in total. The van der Waals surface area contributed by atoms with Gasteiger partial charge in [-0.3, -0.25) is 9.78 Å². The van der Waals surface area contributed by atoms with Gasteiger partial charge in [-0.05, 0) is 18.6 Å². The fraction of sp³-hybridized carbons (Fsp3) is 0.238. The Balaban J connectivity index is 1.99. The Bertz CT molecular complexity index is 1210. The number of pyridine rings is 1. The normalized spacial score (nSPS) is 16.4. The molecule has 27 heavy (non-hydrogen) atoms. The third kappa shape index (κ3) is 2.20. The lowest BCUT2D eigenvalue weighted by Gasteiger charge is -2.12. The zero-order chi connectivity index (χ0) is 18.5. The molecule has 0 radical (unpaired) electrons. The van der Waals surface area contributed by atoms with E-state index in [-0.39, 0.29) is 5.91 Å². The molecule has 2 aromatic heterocycles. The Kier molecular flexibility index (Phi) is 3.63. The highest BCUT2D eigenvalue weighted by atomic mass is 16.5. The van der Waals surface area contributed by atoms with Crippen molar-refractivity contribution in [1.82, 2.24) is 14.9 Å². The molecule has 2 aromatic carbocycles. The zero-order valence-corrected chi connectivity index (χ0v) is 14.9. The van der Waals surface area contributed by atoms with Crippen LogP contribution in [0.25, 0.3) is 32.7 Å². The number of benzene rings is 2. The van der Waals surface area contributed by atoms with Crippen LogP contribution in [-0.2, 0) is 11.5 Å². The van der Waals surface area contributed by atoms with Crippen LogP contribution in [0.15, 0.2) is 42.6 Å². The van der Waals surface area contributed by atoms with E-state index in [1.165, 1.54) is 0 Å². The standard InChI is InChI=1S/C21H19N3O3/c1-2-10-27-11-24-14-8-4-3-6-12(14)15-17-16(20(25)23-21(17)26)13-7-5-9-22-18(13)19(15)24/h3-9,21,26H,2,10-11H2,1H3,(H,23,25). The lowest BCUT2D eigenvalue weighted by molar-refractivity contribution is 0.0829. The van der Waals surface area contributed by atoms with E-state index in [0.717, 1.165) is 39.1 Å². The largest absolute Gasteiger partial charge is 0.369 e. The summed E-state index contributed by atoms with van der Waals surface area (Å²) in [7, 11) is 0. The monoisotopic (exact) mass is 361 g/mol. The lowest BCUT2D eigenvalue weighted by Crippen LogP contribution is -2.18. The third-order valence-electron chi connectivity index (χ3n) is 5.15. The van der Waals surface area contributed by atoms with E-state index >= 15 is 0 Å². The van der Waals surface area contributed by atoms with Gasteiger partial charge < -0.3 is 19.7 Å². The number of para-hydroxylation sites is 1. The average Bonchev–Trinajstić information content (AvgIpc) is 3.17. The third-order valence-corrected chi connectivity index (χ3v) is 5.15.